The van der Waals surface area contributed by atoms with E-state index in [0.29, 0.717) is 13.2 Å². The monoisotopic (exact) mass is 242 g/mol. The van der Waals surface area contributed by atoms with E-state index in [0.717, 1.165) is 12.1 Å². The molecule has 86 valence electrons. The first-order chi connectivity index (χ1) is 7.68. The minimum atomic E-state index is -0.477. The molecule has 1 aromatic rings. The standard InChI is InChI=1S/C10H11ClN2O3/c11-8-2-1-7(5-10(8)13(14)15)9-6-16-4-3-12-9/h1-2,5,9,12H,3-4,6H2. The van der Waals surface area contributed by atoms with Crippen LogP contribution in [0, 0.1) is 10.1 Å². The van der Waals surface area contributed by atoms with E-state index >= 15 is 0 Å². The lowest BCUT2D eigenvalue weighted by molar-refractivity contribution is -0.384. The topological polar surface area (TPSA) is 64.4 Å². The van der Waals surface area contributed by atoms with Gasteiger partial charge in [0, 0.05) is 12.6 Å². The van der Waals surface area contributed by atoms with Crippen molar-refractivity contribution in [3.8, 4) is 0 Å². The van der Waals surface area contributed by atoms with Crippen molar-refractivity contribution in [1.82, 2.24) is 5.32 Å². The highest BCUT2D eigenvalue weighted by molar-refractivity contribution is 6.32. The molecule has 2 rings (SSSR count). The summed E-state index contributed by atoms with van der Waals surface area (Å²) < 4.78 is 5.30. The third-order valence-electron chi connectivity index (χ3n) is 2.49. The molecule has 1 N–H and O–H groups in total. The highest BCUT2D eigenvalue weighted by Gasteiger charge is 2.19. The molecular weight excluding hydrogens is 232 g/mol. The average molecular weight is 243 g/mol. The molecule has 1 fully saturated rings. The van der Waals surface area contributed by atoms with Crippen molar-refractivity contribution in [3.05, 3.63) is 38.9 Å². The lowest BCUT2D eigenvalue weighted by Gasteiger charge is -2.24. The fourth-order valence-corrected chi connectivity index (χ4v) is 1.85. The largest absolute Gasteiger partial charge is 0.378 e. The Morgan fingerprint density at radius 3 is 3.00 bits per heavy atom. The number of hydrogen-bond acceptors (Lipinski definition) is 4. The number of hydrogen-bond donors (Lipinski definition) is 1. The molecule has 0 aromatic heterocycles. The van der Waals surface area contributed by atoms with Crippen LogP contribution in [0.1, 0.15) is 11.6 Å². The minimum absolute atomic E-state index is 0.00437. The summed E-state index contributed by atoms with van der Waals surface area (Å²) in [4.78, 5) is 10.2. The van der Waals surface area contributed by atoms with Crippen molar-refractivity contribution in [3.63, 3.8) is 0 Å². The average Bonchev–Trinajstić information content (AvgIpc) is 2.30. The first kappa shape index (κ1) is 11.3. The highest BCUT2D eigenvalue weighted by Crippen LogP contribution is 2.28. The highest BCUT2D eigenvalue weighted by atomic mass is 35.5. The number of nitrogens with zero attached hydrogens (tertiary/aromatic N) is 1. The van der Waals surface area contributed by atoms with Gasteiger partial charge in [-0.1, -0.05) is 17.7 Å². The van der Waals surface area contributed by atoms with Crippen LogP contribution >= 0.6 is 11.6 Å². The number of nitrogens with one attached hydrogen (secondary N) is 1. The van der Waals surface area contributed by atoms with Crippen molar-refractivity contribution < 1.29 is 9.66 Å². The molecule has 0 bridgehead atoms. The summed E-state index contributed by atoms with van der Waals surface area (Å²) in [7, 11) is 0. The molecule has 6 heteroatoms. The second-order valence-corrected chi connectivity index (χ2v) is 3.96. The maximum Gasteiger partial charge on any atom is 0.288 e. The first-order valence-corrected chi connectivity index (χ1v) is 5.31. The van der Waals surface area contributed by atoms with E-state index in [4.69, 9.17) is 16.3 Å². The lowest BCUT2D eigenvalue weighted by Crippen LogP contribution is -2.34. The van der Waals surface area contributed by atoms with Crippen LogP contribution in [0.25, 0.3) is 0 Å². The molecule has 0 saturated carbocycles. The van der Waals surface area contributed by atoms with Crippen LogP contribution < -0.4 is 5.32 Å². The zero-order chi connectivity index (χ0) is 11.5. The maximum absolute atomic E-state index is 10.7. The van der Waals surface area contributed by atoms with Crippen molar-refractivity contribution >= 4 is 17.3 Å². The molecule has 0 spiro atoms. The Kier molecular flexibility index (Phi) is 3.38. The van der Waals surface area contributed by atoms with E-state index in [9.17, 15) is 10.1 Å². The molecule has 1 atom stereocenters. The summed E-state index contributed by atoms with van der Waals surface area (Å²) >= 11 is 5.74. The predicted molar refractivity (Wildman–Crippen MR) is 59.7 cm³/mol. The molecule has 16 heavy (non-hydrogen) atoms. The number of morpholine rings is 1. The molecule has 0 aliphatic carbocycles. The fraction of sp³-hybridized carbons (Fsp3) is 0.400. The molecule has 1 saturated heterocycles. The summed E-state index contributed by atoms with van der Waals surface area (Å²) in [5, 5.41) is 14.1. The summed E-state index contributed by atoms with van der Waals surface area (Å²) in [5.74, 6) is 0. The third kappa shape index (κ3) is 2.32. The minimum Gasteiger partial charge on any atom is -0.378 e. The van der Waals surface area contributed by atoms with Crippen LogP contribution in [0.5, 0.6) is 0 Å². The van der Waals surface area contributed by atoms with E-state index < -0.39 is 4.92 Å². The SMILES string of the molecule is O=[N+]([O-])c1cc(C2COCCN2)ccc1Cl. The van der Waals surface area contributed by atoms with Gasteiger partial charge in [-0.15, -0.1) is 0 Å². The predicted octanol–water partition coefficient (Wildman–Crippen LogP) is 1.91. The zero-order valence-electron chi connectivity index (χ0n) is 8.48. The molecule has 1 aliphatic rings. The Hall–Kier alpha value is -1.17. The number of nitro benzene ring substituents is 1. The molecular formula is C10H11ClN2O3. The van der Waals surface area contributed by atoms with Gasteiger partial charge in [0.1, 0.15) is 5.02 Å². The summed E-state index contributed by atoms with van der Waals surface area (Å²) in [5.41, 5.74) is 0.766. The second kappa shape index (κ2) is 4.78. The van der Waals surface area contributed by atoms with E-state index in [1.54, 1.807) is 12.1 Å². The van der Waals surface area contributed by atoms with Crippen molar-refractivity contribution in [2.45, 2.75) is 6.04 Å². The van der Waals surface area contributed by atoms with Gasteiger partial charge in [0.25, 0.3) is 5.69 Å². The van der Waals surface area contributed by atoms with Gasteiger partial charge in [-0.2, -0.15) is 0 Å². The van der Waals surface area contributed by atoms with Crippen LogP contribution in [0.4, 0.5) is 5.69 Å². The van der Waals surface area contributed by atoms with Gasteiger partial charge >= 0.3 is 0 Å². The van der Waals surface area contributed by atoms with Gasteiger partial charge in [-0.05, 0) is 11.6 Å². The van der Waals surface area contributed by atoms with Crippen LogP contribution in [0.2, 0.25) is 5.02 Å². The molecule has 0 radical (unpaired) electrons. The Balaban J connectivity index is 2.27. The number of nitro groups is 1. The van der Waals surface area contributed by atoms with E-state index in [-0.39, 0.29) is 16.8 Å². The Labute approximate surface area is 97.5 Å². The zero-order valence-corrected chi connectivity index (χ0v) is 9.24. The second-order valence-electron chi connectivity index (χ2n) is 3.55. The van der Waals surface area contributed by atoms with Gasteiger partial charge < -0.3 is 10.1 Å². The quantitative estimate of drug-likeness (QED) is 0.636. The van der Waals surface area contributed by atoms with Gasteiger partial charge in [0.05, 0.1) is 24.2 Å². The molecule has 1 unspecified atom stereocenters. The van der Waals surface area contributed by atoms with Crippen molar-refractivity contribution in [2.75, 3.05) is 19.8 Å². The Morgan fingerprint density at radius 2 is 2.38 bits per heavy atom. The van der Waals surface area contributed by atoms with Gasteiger partial charge in [0.2, 0.25) is 0 Å². The van der Waals surface area contributed by atoms with E-state index in [1.165, 1.54) is 6.07 Å². The third-order valence-corrected chi connectivity index (χ3v) is 2.81. The number of rotatable bonds is 2. The summed E-state index contributed by atoms with van der Waals surface area (Å²) in [6.07, 6.45) is 0. The van der Waals surface area contributed by atoms with Crippen LogP contribution in [-0.2, 0) is 4.74 Å². The van der Waals surface area contributed by atoms with Crippen molar-refractivity contribution in [1.29, 1.82) is 0 Å². The molecule has 1 heterocycles. The Bertz CT molecular complexity index is 405. The molecule has 1 aliphatic heterocycles. The molecule has 1 aromatic carbocycles. The summed E-state index contributed by atoms with van der Waals surface area (Å²) in [6.45, 7) is 1.95. The first-order valence-electron chi connectivity index (χ1n) is 4.93. The normalized spacial score (nSPS) is 20.7. The number of ether oxygens (including phenoxy) is 1. The van der Waals surface area contributed by atoms with Crippen LogP contribution in [-0.4, -0.2) is 24.7 Å². The van der Waals surface area contributed by atoms with Crippen LogP contribution in [0.15, 0.2) is 18.2 Å². The number of benzene rings is 1. The van der Waals surface area contributed by atoms with Gasteiger partial charge in [-0.3, -0.25) is 10.1 Å². The summed E-state index contributed by atoms with van der Waals surface area (Å²) in [6, 6.07) is 4.83. The maximum atomic E-state index is 10.7. The lowest BCUT2D eigenvalue weighted by atomic mass is 10.1. The molecule has 5 nitrogen and oxygen atoms in total. The molecule has 0 amide bonds. The smallest absolute Gasteiger partial charge is 0.288 e. The van der Waals surface area contributed by atoms with E-state index in [1.807, 2.05) is 0 Å². The van der Waals surface area contributed by atoms with Crippen molar-refractivity contribution in [2.24, 2.45) is 0 Å². The van der Waals surface area contributed by atoms with Crippen LogP contribution in [0.3, 0.4) is 0 Å². The number of halogens is 1. The van der Waals surface area contributed by atoms with E-state index in [2.05, 4.69) is 5.32 Å². The van der Waals surface area contributed by atoms with Gasteiger partial charge in [-0.25, -0.2) is 0 Å². The fourth-order valence-electron chi connectivity index (χ4n) is 1.67. The van der Waals surface area contributed by atoms with Gasteiger partial charge in [0.15, 0.2) is 0 Å². The Morgan fingerprint density at radius 1 is 1.56 bits per heavy atom.